The van der Waals surface area contributed by atoms with Crippen LogP contribution in [0.15, 0.2) is 30.6 Å². The number of carbonyl (C=O) groups is 2. The molecule has 1 aliphatic heterocycles. The molecule has 0 radical (unpaired) electrons. The SMILES string of the molecule is O=C(CN1CC2(CC2)c2cc(CC3CC3)ccc2C1=O)Nc1ncc(F)cn1. The van der Waals surface area contributed by atoms with E-state index < -0.39 is 5.82 Å². The Balaban J connectivity index is 1.33. The lowest BCUT2D eigenvalue weighted by molar-refractivity contribution is -0.117. The van der Waals surface area contributed by atoms with Gasteiger partial charge in [-0.2, -0.15) is 0 Å². The molecule has 1 N–H and O–H groups in total. The van der Waals surface area contributed by atoms with Gasteiger partial charge in [0.1, 0.15) is 6.54 Å². The minimum absolute atomic E-state index is 0.00450. The van der Waals surface area contributed by atoms with Crippen molar-refractivity contribution in [2.75, 3.05) is 18.4 Å². The second-order valence-corrected chi connectivity index (χ2v) is 8.24. The lowest BCUT2D eigenvalue weighted by Gasteiger charge is -2.34. The zero-order chi connectivity index (χ0) is 19.3. The van der Waals surface area contributed by atoms with Crippen molar-refractivity contribution in [1.29, 1.82) is 0 Å². The zero-order valence-electron chi connectivity index (χ0n) is 15.4. The van der Waals surface area contributed by atoms with Gasteiger partial charge in [0.25, 0.3) is 5.91 Å². The van der Waals surface area contributed by atoms with Crippen LogP contribution in [0.4, 0.5) is 10.3 Å². The maximum absolute atomic E-state index is 13.0. The zero-order valence-corrected chi connectivity index (χ0v) is 15.4. The molecule has 2 aromatic rings. The van der Waals surface area contributed by atoms with Crippen LogP contribution in [0, 0.1) is 11.7 Å². The van der Waals surface area contributed by atoms with Crippen molar-refractivity contribution in [2.24, 2.45) is 5.92 Å². The van der Waals surface area contributed by atoms with Gasteiger partial charge >= 0.3 is 0 Å². The predicted molar refractivity (Wildman–Crippen MR) is 100 cm³/mol. The number of amides is 2. The first-order valence-electron chi connectivity index (χ1n) is 9.72. The molecule has 144 valence electrons. The average molecular weight is 380 g/mol. The molecule has 0 unspecified atom stereocenters. The minimum atomic E-state index is -0.572. The molecule has 5 rings (SSSR count). The van der Waals surface area contributed by atoms with Crippen molar-refractivity contribution in [1.82, 2.24) is 14.9 Å². The summed E-state index contributed by atoms with van der Waals surface area (Å²) in [7, 11) is 0. The van der Waals surface area contributed by atoms with E-state index >= 15 is 0 Å². The maximum Gasteiger partial charge on any atom is 0.254 e. The van der Waals surface area contributed by atoms with Gasteiger partial charge in [0.2, 0.25) is 11.9 Å². The quantitative estimate of drug-likeness (QED) is 0.865. The number of nitrogens with zero attached hydrogens (tertiary/aromatic N) is 3. The fourth-order valence-corrected chi connectivity index (χ4v) is 4.11. The highest BCUT2D eigenvalue weighted by molar-refractivity contribution is 6.01. The smallest absolute Gasteiger partial charge is 0.254 e. The highest BCUT2D eigenvalue weighted by Gasteiger charge is 2.51. The fourth-order valence-electron chi connectivity index (χ4n) is 4.11. The number of hydrogen-bond donors (Lipinski definition) is 1. The second kappa shape index (κ2) is 6.36. The minimum Gasteiger partial charge on any atom is -0.328 e. The van der Waals surface area contributed by atoms with Crippen LogP contribution >= 0.6 is 0 Å². The number of anilines is 1. The molecule has 2 heterocycles. The summed E-state index contributed by atoms with van der Waals surface area (Å²) in [6, 6.07) is 6.21. The van der Waals surface area contributed by atoms with Crippen LogP contribution in [0.3, 0.4) is 0 Å². The Morgan fingerprint density at radius 1 is 1.25 bits per heavy atom. The third kappa shape index (κ3) is 3.25. The van der Waals surface area contributed by atoms with Gasteiger partial charge in [-0.15, -0.1) is 0 Å². The Bertz CT molecular complexity index is 951. The molecule has 1 aromatic carbocycles. The number of benzene rings is 1. The van der Waals surface area contributed by atoms with Crippen molar-refractivity contribution >= 4 is 17.8 Å². The van der Waals surface area contributed by atoms with E-state index in [2.05, 4.69) is 27.4 Å². The summed E-state index contributed by atoms with van der Waals surface area (Å²) in [5.41, 5.74) is 3.19. The Morgan fingerprint density at radius 3 is 2.68 bits per heavy atom. The summed E-state index contributed by atoms with van der Waals surface area (Å²) < 4.78 is 12.9. The van der Waals surface area contributed by atoms with E-state index in [4.69, 9.17) is 0 Å². The third-order valence-corrected chi connectivity index (χ3v) is 5.95. The Morgan fingerprint density at radius 2 is 2.00 bits per heavy atom. The number of carbonyl (C=O) groups excluding carboxylic acids is 2. The number of halogens is 1. The fraction of sp³-hybridized carbons (Fsp3) is 0.429. The van der Waals surface area contributed by atoms with E-state index in [1.54, 1.807) is 4.90 Å². The summed E-state index contributed by atoms with van der Waals surface area (Å²) in [5.74, 6) is -0.230. The topological polar surface area (TPSA) is 75.2 Å². The van der Waals surface area contributed by atoms with Crippen molar-refractivity contribution < 1.29 is 14.0 Å². The number of fused-ring (bicyclic) bond motifs is 2. The van der Waals surface area contributed by atoms with Crippen LogP contribution < -0.4 is 5.32 Å². The van der Waals surface area contributed by atoms with E-state index in [9.17, 15) is 14.0 Å². The van der Waals surface area contributed by atoms with E-state index in [0.29, 0.717) is 12.1 Å². The van der Waals surface area contributed by atoms with E-state index in [1.165, 1.54) is 18.4 Å². The largest absolute Gasteiger partial charge is 0.328 e. The van der Waals surface area contributed by atoms with Crippen LogP contribution in [-0.4, -0.2) is 39.8 Å². The van der Waals surface area contributed by atoms with E-state index in [0.717, 1.165) is 43.1 Å². The molecular formula is C21H21FN4O2. The first-order valence-corrected chi connectivity index (χ1v) is 9.72. The molecule has 1 spiro atoms. The molecular weight excluding hydrogens is 359 g/mol. The summed E-state index contributed by atoms with van der Waals surface area (Å²) >= 11 is 0. The number of aromatic nitrogens is 2. The summed E-state index contributed by atoms with van der Waals surface area (Å²) in [5, 5.41) is 2.52. The summed E-state index contributed by atoms with van der Waals surface area (Å²) in [4.78, 5) is 34.4. The van der Waals surface area contributed by atoms with Gasteiger partial charge in [0.05, 0.1) is 12.4 Å². The van der Waals surface area contributed by atoms with Crippen LogP contribution in [0.5, 0.6) is 0 Å². The van der Waals surface area contributed by atoms with Gasteiger partial charge in [-0.3, -0.25) is 14.9 Å². The normalized spacial score (nSPS) is 19.5. The standard InChI is InChI=1S/C21H21FN4O2/c22-15-9-23-20(24-10-15)25-18(27)11-26-12-21(5-6-21)17-8-14(7-13-1-2-13)3-4-16(17)19(26)28/h3-4,8-10,13H,1-2,5-7,11-12H2,(H,23,24,25,27). The molecule has 0 atom stereocenters. The van der Waals surface area contributed by atoms with Crippen molar-refractivity contribution in [3.8, 4) is 0 Å². The third-order valence-electron chi connectivity index (χ3n) is 5.95. The highest BCUT2D eigenvalue weighted by Crippen LogP contribution is 2.52. The van der Waals surface area contributed by atoms with Crippen molar-refractivity contribution in [3.63, 3.8) is 0 Å². The Hall–Kier alpha value is -2.83. The van der Waals surface area contributed by atoms with Crippen LogP contribution in [0.1, 0.15) is 47.2 Å². The molecule has 2 amide bonds. The molecule has 3 aliphatic rings. The van der Waals surface area contributed by atoms with Gasteiger partial charge in [0.15, 0.2) is 5.82 Å². The molecule has 0 saturated heterocycles. The van der Waals surface area contributed by atoms with Gasteiger partial charge in [-0.05, 0) is 55.2 Å². The van der Waals surface area contributed by atoms with E-state index in [-0.39, 0.29) is 29.7 Å². The highest BCUT2D eigenvalue weighted by atomic mass is 19.1. The lowest BCUT2D eigenvalue weighted by atomic mass is 9.84. The van der Waals surface area contributed by atoms with Gasteiger partial charge in [0, 0.05) is 17.5 Å². The molecule has 2 aliphatic carbocycles. The summed E-state index contributed by atoms with van der Waals surface area (Å²) in [6.45, 7) is 0.494. The monoisotopic (exact) mass is 380 g/mol. The molecule has 6 nitrogen and oxygen atoms in total. The van der Waals surface area contributed by atoms with E-state index in [1.807, 2.05) is 6.07 Å². The first kappa shape index (κ1) is 17.3. The first-order chi connectivity index (χ1) is 13.5. The molecule has 0 bridgehead atoms. The van der Waals surface area contributed by atoms with Crippen molar-refractivity contribution in [2.45, 2.75) is 37.5 Å². The molecule has 2 saturated carbocycles. The number of nitrogens with one attached hydrogen (secondary N) is 1. The average Bonchev–Trinajstić information content (AvgIpc) is 3.59. The Kier molecular flexibility index (Phi) is 3.92. The lowest BCUT2D eigenvalue weighted by Crippen LogP contribution is -2.46. The predicted octanol–water partition coefficient (Wildman–Crippen LogP) is 2.69. The number of rotatable bonds is 5. The molecule has 7 heteroatoms. The van der Waals surface area contributed by atoms with Crippen LogP contribution in [-0.2, 0) is 16.6 Å². The number of hydrogen-bond acceptors (Lipinski definition) is 4. The molecule has 2 fully saturated rings. The molecule has 28 heavy (non-hydrogen) atoms. The summed E-state index contributed by atoms with van der Waals surface area (Å²) in [6.07, 6.45) is 7.77. The van der Waals surface area contributed by atoms with Gasteiger partial charge < -0.3 is 4.90 Å². The van der Waals surface area contributed by atoms with Crippen LogP contribution in [0.25, 0.3) is 0 Å². The van der Waals surface area contributed by atoms with Gasteiger partial charge in [-0.1, -0.05) is 12.1 Å². The molecule has 1 aromatic heterocycles. The van der Waals surface area contributed by atoms with Crippen LogP contribution in [0.2, 0.25) is 0 Å². The maximum atomic E-state index is 13.0. The van der Waals surface area contributed by atoms with Crippen molar-refractivity contribution in [3.05, 3.63) is 53.1 Å². The second-order valence-electron chi connectivity index (χ2n) is 8.24. The Labute approximate surface area is 162 Å². The van der Waals surface area contributed by atoms with Gasteiger partial charge in [-0.25, -0.2) is 14.4 Å².